The minimum atomic E-state index is -3.72. The van der Waals surface area contributed by atoms with E-state index < -0.39 is 10.9 Å². The van der Waals surface area contributed by atoms with Gasteiger partial charge in [0.05, 0.1) is 5.69 Å². The van der Waals surface area contributed by atoms with Crippen LogP contribution in [0, 0.1) is 0 Å². The van der Waals surface area contributed by atoms with E-state index >= 15 is 0 Å². The average Bonchev–Trinajstić information content (AvgIpc) is 2.17. The average molecular weight is 268 g/mol. The molecule has 0 aromatic heterocycles. The monoisotopic (exact) mass is 267 g/mol. The number of hydrogen-bond acceptors (Lipinski definition) is 3. The first-order valence-corrected chi connectivity index (χ1v) is 4.86. The van der Waals surface area contributed by atoms with E-state index in [4.69, 9.17) is 23.2 Å². The third-order valence-electron chi connectivity index (χ3n) is 1.50. The Morgan fingerprint density at radius 2 is 2.12 bits per heavy atom. The first-order chi connectivity index (χ1) is 7.45. The zero-order valence-electron chi connectivity index (χ0n) is 7.66. The van der Waals surface area contributed by atoms with Gasteiger partial charge in [-0.25, -0.2) is 4.79 Å². The fourth-order valence-corrected chi connectivity index (χ4v) is 0.960. The summed E-state index contributed by atoms with van der Waals surface area (Å²) in [6.45, 7) is 0. The topological polar surface area (TPSA) is 38.7 Å². The van der Waals surface area contributed by atoms with Crippen LogP contribution < -0.4 is 4.74 Å². The molecule has 3 nitrogen and oxygen atoms in total. The number of benzene rings is 1. The van der Waals surface area contributed by atoms with Crippen molar-refractivity contribution in [2.24, 2.45) is 4.99 Å². The molecule has 0 bridgehead atoms. The molecular formula is C9H5Cl2F2NO2. The van der Waals surface area contributed by atoms with Gasteiger partial charge in [-0.15, -0.1) is 0 Å². The predicted molar refractivity (Wildman–Crippen MR) is 55.3 cm³/mol. The summed E-state index contributed by atoms with van der Waals surface area (Å²) in [6, 6.07) is 5.21. The zero-order valence-corrected chi connectivity index (χ0v) is 9.17. The Hall–Kier alpha value is -1.16. The summed E-state index contributed by atoms with van der Waals surface area (Å²) in [5.41, 5.74) is 0.143. The molecule has 0 saturated heterocycles. The standard InChI is InChI=1S/C9H5Cl2F2NO2/c10-8(11)9(12,13)16-7-3-1-2-6(4-7)14-5-15/h1-4,8H. The van der Waals surface area contributed by atoms with Crippen LogP contribution in [0.1, 0.15) is 0 Å². The predicted octanol–water partition coefficient (Wildman–Crippen LogP) is 3.43. The van der Waals surface area contributed by atoms with Crippen LogP contribution in [-0.4, -0.2) is 17.0 Å². The smallest absolute Gasteiger partial charge is 0.428 e. The van der Waals surface area contributed by atoms with Gasteiger partial charge < -0.3 is 4.74 Å². The summed E-state index contributed by atoms with van der Waals surface area (Å²) in [6.07, 6.45) is -2.44. The second kappa shape index (κ2) is 5.25. The van der Waals surface area contributed by atoms with Gasteiger partial charge >= 0.3 is 6.11 Å². The highest BCUT2D eigenvalue weighted by molar-refractivity contribution is 6.44. The summed E-state index contributed by atoms with van der Waals surface area (Å²) in [5, 5.41) is 0. The lowest BCUT2D eigenvalue weighted by Gasteiger charge is -2.18. The van der Waals surface area contributed by atoms with Crippen molar-refractivity contribution in [3.05, 3.63) is 24.3 Å². The number of nitrogens with zero attached hydrogens (tertiary/aromatic N) is 1. The fraction of sp³-hybridized carbons (Fsp3) is 0.222. The van der Waals surface area contributed by atoms with Crippen molar-refractivity contribution in [2.45, 2.75) is 10.9 Å². The Morgan fingerprint density at radius 3 is 2.69 bits per heavy atom. The molecule has 16 heavy (non-hydrogen) atoms. The molecule has 0 saturated carbocycles. The molecular weight excluding hydrogens is 263 g/mol. The van der Waals surface area contributed by atoms with Gasteiger partial charge in [-0.1, -0.05) is 29.3 Å². The zero-order chi connectivity index (χ0) is 12.2. The van der Waals surface area contributed by atoms with Crippen molar-refractivity contribution in [1.29, 1.82) is 0 Å². The van der Waals surface area contributed by atoms with Crippen molar-refractivity contribution in [3.63, 3.8) is 0 Å². The molecule has 0 spiro atoms. The lowest BCUT2D eigenvalue weighted by molar-refractivity contribution is -0.163. The number of isocyanates is 1. The van der Waals surface area contributed by atoms with E-state index in [0.29, 0.717) is 0 Å². The Balaban J connectivity index is 2.89. The van der Waals surface area contributed by atoms with Crippen molar-refractivity contribution in [3.8, 4) is 5.75 Å². The van der Waals surface area contributed by atoms with Crippen LogP contribution >= 0.6 is 23.2 Å². The van der Waals surface area contributed by atoms with E-state index in [1.807, 2.05) is 0 Å². The first-order valence-electron chi connectivity index (χ1n) is 3.98. The maximum atomic E-state index is 13.0. The highest BCUT2D eigenvalue weighted by Gasteiger charge is 2.40. The molecule has 0 unspecified atom stereocenters. The molecule has 1 aromatic rings. The van der Waals surface area contributed by atoms with Gasteiger partial charge in [-0.2, -0.15) is 13.8 Å². The number of ether oxygens (including phenoxy) is 1. The van der Waals surface area contributed by atoms with Gasteiger partial charge in [0.25, 0.3) is 0 Å². The molecule has 0 N–H and O–H groups in total. The maximum Gasteiger partial charge on any atom is 0.428 e. The summed E-state index contributed by atoms with van der Waals surface area (Å²) in [4.78, 5) is 11.2. The van der Waals surface area contributed by atoms with Crippen LogP contribution in [0.25, 0.3) is 0 Å². The van der Waals surface area contributed by atoms with Gasteiger partial charge in [-0.05, 0) is 12.1 Å². The summed E-state index contributed by atoms with van der Waals surface area (Å²) in [7, 11) is 0. The molecule has 0 amide bonds. The van der Waals surface area contributed by atoms with Gasteiger partial charge in [0.1, 0.15) is 5.75 Å². The molecule has 0 heterocycles. The van der Waals surface area contributed by atoms with Crippen LogP contribution in [0.4, 0.5) is 14.5 Å². The second-order valence-corrected chi connectivity index (χ2v) is 3.76. The van der Waals surface area contributed by atoms with Gasteiger partial charge in [0.15, 0.2) is 0 Å². The molecule has 7 heteroatoms. The minimum absolute atomic E-state index is 0.143. The molecule has 0 radical (unpaired) electrons. The molecule has 0 fully saturated rings. The molecule has 0 aliphatic heterocycles. The summed E-state index contributed by atoms with van der Waals surface area (Å²) >= 11 is 10.0. The summed E-state index contributed by atoms with van der Waals surface area (Å²) in [5.74, 6) is -0.201. The van der Waals surface area contributed by atoms with Crippen LogP contribution in [-0.2, 0) is 4.79 Å². The van der Waals surface area contributed by atoms with Crippen LogP contribution in [0.15, 0.2) is 29.3 Å². The van der Waals surface area contributed by atoms with Crippen LogP contribution in [0.5, 0.6) is 5.75 Å². The third kappa shape index (κ3) is 3.45. The van der Waals surface area contributed by atoms with E-state index in [0.717, 1.165) is 6.07 Å². The van der Waals surface area contributed by atoms with Gasteiger partial charge in [-0.3, -0.25) is 0 Å². The van der Waals surface area contributed by atoms with E-state index in [1.54, 1.807) is 0 Å². The quantitative estimate of drug-likeness (QED) is 0.476. The first kappa shape index (κ1) is 12.9. The second-order valence-electron chi connectivity index (χ2n) is 2.67. The number of hydrogen-bond donors (Lipinski definition) is 0. The van der Waals surface area contributed by atoms with Gasteiger partial charge in [0, 0.05) is 6.07 Å². The SMILES string of the molecule is O=C=Nc1cccc(OC(F)(F)C(Cl)Cl)c1. The fourth-order valence-electron chi connectivity index (χ4n) is 0.871. The minimum Gasteiger partial charge on any atom is -0.430 e. The lowest BCUT2D eigenvalue weighted by Crippen LogP contribution is -2.32. The number of rotatable bonds is 4. The molecule has 0 aliphatic rings. The highest BCUT2D eigenvalue weighted by atomic mass is 35.5. The number of aliphatic imine (C=N–C) groups is 1. The summed E-state index contributed by atoms with van der Waals surface area (Å²) < 4.78 is 30.2. The van der Waals surface area contributed by atoms with E-state index in [-0.39, 0.29) is 11.4 Å². The van der Waals surface area contributed by atoms with Crippen LogP contribution in [0.3, 0.4) is 0 Å². The van der Waals surface area contributed by atoms with Crippen molar-refractivity contribution < 1.29 is 18.3 Å². The molecule has 1 aromatic carbocycles. The van der Waals surface area contributed by atoms with Crippen LogP contribution in [0.2, 0.25) is 0 Å². The molecule has 0 atom stereocenters. The van der Waals surface area contributed by atoms with Gasteiger partial charge in [0.2, 0.25) is 10.9 Å². The Labute approximate surface area is 99.6 Å². The molecule has 0 aliphatic carbocycles. The van der Waals surface area contributed by atoms with Crippen molar-refractivity contribution in [2.75, 3.05) is 0 Å². The Kier molecular flexibility index (Phi) is 4.24. The van der Waals surface area contributed by atoms with Crippen molar-refractivity contribution in [1.82, 2.24) is 0 Å². The maximum absolute atomic E-state index is 13.0. The largest absolute Gasteiger partial charge is 0.430 e. The van der Waals surface area contributed by atoms with E-state index in [9.17, 15) is 13.6 Å². The highest BCUT2D eigenvalue weighted by Crippen LogP contribution is 2.31. The number of alkyl halides is 4. The number of halogens is 4. The molecule has 1 rings (SSSR count). The normalized spacial score (nSPS) is 11.1. The van der Waals surface area contributed by atoms with Crippen molar-refractivity contribution >= 4 is 35.0 Å². The molecule has 86 valence electrons. The van der Waals surface area contributed by atoms with E-state index in [1.165, 1.54) is 24.3 Å². The van der Waals surface area contributed by atoms with E-state index in [2.05, 4.69) is 9.73 Å². The Bertz CT molecular complexity index is 420. The number of carbonyl (C=O) groups excluding carboxylic acids is 1. The Morgan fingerprint density at radius 1 is 1.44 bits per heavy atom. The lowest BCUT2D eigenvalue weighted by atomic mass is 10.3. The third-order valence-corrected chi connectivity index (χ3v) is 2.01.